The Balaban J connectivity index is 1.85. The molecule has 3 aromatic carbocycles. The number of para-hydroxylation sites is 1. The Morgan fingerprint density at radius 3 is 2.36 bits per heavy atom. The predicted octanol–water partition coefficient (Wildman–Crippen LogP) is 4.07. The molecule has 0 fully saturated rings. The SMILES string of the molecule is COc1cc2ccccc2cc1C(=O)N(CCN(C)C)c1nc2c(S(C)(=O)=O)cccc2s1. The molecule has 0 saturated heterocycles. The third kappa shape index (κ3) is 4.71. The Kier molecular flexibility index (Phi) is 6.38. The van der Waals surface area contributed by atoms with Gasteiger partial charge >= 0.3 is 0 Å². The number of carbonyl (C=O) groups excluding carboxylic acids is 1. The highest BCUT2D eigenvalue weighted by Gasteiger charge is 2.26. The molecule has 0 unspecified atom stereocenters. The summed E-state index contributed by atoms with van der Waals surface area (Å²) in [4.78, 5) is 22.2. The van der Waals surface area contributed by atoms with Crippen molar-refractivity contribution in [1.82, 2.24) is 9.88 Å². The van der Waals surface area contributed by atoms with Crippen LogP contribution in [0.15, 0.2) is 59.5 Å². The van der Waals surface area contributed by atoms with Crippen LogP contribution in [0.2, 0.25) is 0 Å². The zero-order valence-electron chi connectivity index (χ0n) is 18.9. The Morgan fingerprint density at radius 2 is 1.73 bits per heavy atom. The molecule has 0 saturated carbocycles. The van der Waals surface area contributed by atoms with Gasteiger partial charge in [0, 0.05) is 19.3 Å². The number of likely N-dealkylation sites (N-methyl/N-ethyl adjacent to an activating group) is 1. The number of hydrogen-bond donors (Lipinski definition) is 0. The highest BCUT2D eigenvalue weighted by atomic mass is 32.2. The van der Waals surface area contributed by atoms with E-state index in [2.05, 4.69) is 4.98 Å². The first-order valence-electron chi connectivity index (χ1n) is 10.3. The molecule has 0 aliphatic carbocycles. The van der Waals surface area contributed by atoms with Gasteiger partial charge in [0.05, 0.1) is 22.3 Å². The number of thiazole rings is 1. The van der Waals surface area contributed by atoms with Crippen molar-refractivity contribution in [2.75, 3.05) is 45.5 Å². The molecular weight excluding hydrogens is 458 g/mol. The summed E-state index contributed by atoms with van der Waals surface area (Å²) < 4.78 is 30.8. The molecule has 7 nitrogen and oxygen atoms in total. The van der Waals surface area contributed by atoms with Crippen molar-refractivity contribution >= 4 is 53.2 Å². The lowest BCUT2D eigenvalue weighted by Crippen LogP contribution is -2.37. The molecule has 0 aliphatic rings. The van der Waals surface area contributed by atoms with Gasteiger partial charge in [-0.05, 0) is 49.1 Å². The second-order valence-electron chi connectivity index (χ2n) is 8.03. The van der Waals surface area contributed by atoms with E-state index in [-0.39, 0.29) is 10.8 Å². The summed E-state index contributed by atoms with van der Waals surface area (Å²) in [6.45, 7) is 0.992. The van der Waals surface area contributed by atoms with Gasteiger partial charge in [-0.15, -0.1) is 0 Å². The molecule has 9 heteroatoms. The van der Waals surface area contributed by atoms with Crippen molar-refractivity contribution in [3.63, 3.8) is 0 Å². The quantitative estimate of drug-likeness (QED) is 0.394. The van der Waals surface area contributed by atoms with Gasteiger partial charge < -0.3 is 9.64 Å². The van der Waals surface area contributed by atoms with Crippen LogP contribution in [0, 0.1) is 0 Å². The molecule has 172 valence electrons. The van der Waals surface area contributed by atoms with Gasteiger partial charge in [-0.25, -0.2) is 13.4 Å². The maximum atomic E-state index is 13.8. The lowest BCUT2D eigenvalue weighted by molar-refractivity contribution is 0.0982. The van der Waals surface area contributed by atoms with E-state index in [0.29, 0.717) is 39.8 Å². The maximum Gasteiger partial charge on any atom is 0.263 e. The molecular formula is C24H25N3O4S2. The standard InChI is InChI=1S/C24H25N3O4S2/c1-26(2)12-13-27(24-25-22-20(32-24)10-7-11-21(22)33(4,29)30)23(28)18-14-16-8-5-6-9-17(16)15-19(18)31-3/h5-11,14-15H,12-13H2,1-4H3. The number of nitrogens with zero attached hydrogens (tertiary/aromatic N) is 3. The number of ether oxygens (including phenoxy) is 1. The normalized spacial score (nSPS) is 11.9. The number of rotatable bonds is 7. The molecule has 0 atom stereocenters. The van der Waals surface area contributed by atoms with Gasteiger partial charge in [0.1, 0.15) is 11.3 Å². The van der Waals surface area contributed by atoms with Crippen LogP contribution >= 0.6 is 11.3 Å². The molecule has 4 rings (SSSR count). The van der Waals surface area contributed by atoms with Crippen molar-refractivity contribution < 1.29 is 17.9 Å². The number of hydrogen-bond acceptors (Lipinski definition) is 7. The average Bonchev–Trinajstić information content (AvgIpc) is 3.21. The van der Waals surface area contributed by atoms with E-state index < -0.39 is 9.84 Å². The van der Waals surface area contributed by atoms with Crippen LogP contribution in [0.3, 0.4) is 0 Å². The topological polar surface area (TPSA) is 79.8 Å². The Morgan fingerprint density at radius 1 is 1.03 bits per heavy atom. The van der Waals surface area contributed by atoms with Gasteiger partial charge in [0.15, 0.2) is 15.0 Å². The fourth-order valence-corrected chi connectivity index (χ4v) is 5.53. The lowest BCUT2D eigenvalue weighted by atomic mass is 10.0. The van der Waals surface area contributed by atoms with E-state index in [1.807, 2.05) is 61.5 Å². The second-order valence-corrected chi connectivity index (χ2v) is 11.0. The summed E-state index contributed by atoms with van der Waals surface area (Å²) in [5.74, 6) is 0.228. The summed E-state index contributed by atoms with van der Waals surface area (Å²) in [6, 6.07) is 16.5. The van der Waals surface area contributed by atoms with Crippen LogP contribution in [0.5, 0.6) is 5.75 Å². The van der Waals surface area contributed by atoms with E-state index >= 15 is 0 Å². The van der Waals surface area contributed by atoms with E-state index in [0.717, 1.165) is 17.0 Å². The molecule has 33 heavy (non-hydrogen) atoms. The summed E-state index contributed by atoms with van der Waals surface area (Å²) in [7, 11) is 1.94. The maximum absolute atomic E-state index is 13.8. The number of anilines is 1. The number of amides is 1. The van der Waals surface area contributed by atoms with Crippen molar-refractivity contribution in [3.8, 4) is 5.75 Å². The number of sulfone groups is 1. The third-order valence-corrected chi connectivity index (χ3v) is 7.49. The van der Waals surface area contributed by atoms with Gasteiger partial charge in [0.25, 0.3) is 5.91 Å². The number of benzene rings is 3. The van der Waals surface area contributed by atoms with Crippen LogP contribution in [-0.2, 0) is 9.84 Å². The summed E-state index contributed by atoms with van der Waals surface area (Å²) in [6.07, 6.45) is 1.16. The van der Waals surface area contributed by atoms with Gasteiger partial charge in [-0.2, -0.15) is 0 Å². The summed E-state index contributed by atoms with van der Waals surface area (Å²) in [5.41, 5.74) is 0.811. The molecule has 1 aromatic heterocycles. The Labute approximate surface area is 197 Å². The molecule has 1 heterocycles. The molecule has 0 spiro atoms. The van der Waals surface area contributed by atoms with Crippen LogP contribution in [0.25, 0.3) is 21.0 Å². The summed E-state index contributed by atoms with van der Waals surface area (Å²) in [5, 5.41) is 2.35. The van der Waals surface area contributed by atoms with Crippen molar-refractivity contribution in [3.05, 3.63) is 60.2 Å². The summed E-state index contributed by atoms with van der Waals surface area (Å²) >= 11 is 1.30. The highest BCUT2D eigenvalue weighted by molar-refractivity contribution is 7.91. The molecule has 0 aliphatic heterocycles. The van der Waals surface area contributed by atoms with E-state index in [4.69, 9.17) is 4.74 Å². The Bertz CT molecular complexity index is 1440. The van der Waals surface area contributed by atoms with Crippen LogP contribution in [-0.4, -0.2) is 64.8 Å². The fraction of sp³-hybridized carbons (Fsp3) is 0.250. The molecule has 0 bridgehead atoms. The second kappa shape index (κ2) is 9.09. The lowest BCUT2D eigenvalue weighted by Gasteiger charge is -2.23. The largest absolute Gasteiger partial charge is 0.496 e. The van der Waals surface area contributed by atoms with E-state index in [1.165, 1.54) is 11.3 Å². The van der Waals surface area contributed by atoms with Crippen molar-refractivity contribution in [2.45, 2.75) is 4.90 Å². The van der Waals surface area contributed by atoms with Crippen LogP contribution < -0.4 is 9.64 Å². The van der Waals surface area contributed by atoms with Crippen molar-refractivity contribution in [2.24, 2.45) is 0 Å². The minimum Gasteiger partial charge on any atom is -0.496 e. The smallest absolute Gasteiger partial charge is 0.263 e. The molecule has 0 N–H and O–H groups in total. The predicted molar refractivity (Wildman–Crippen MR) is 133 cm³/mol. The van der Waals surface area contributed by atoms with Crippen LogP contribution in [0.1, 0.15) is 10.4 Å². The Hall–Kier alpha value is -3.01. The highest BCUT2D eigenvalue weighted by Crippen LogP contribution is 2.35. The molecule has 0 radical (unpaired) electrons. The van der Waals surface area contributed by atoms with Gasteiger partial charge in [-0.3, -0.25) is 9.69 Å². The van der Waals surface area contributed by atoms with Crippen LogP contribution in [0.4, 0.5) is 5.13 Å². The average molecular weight is 484 g/mol. The molecule has 4 aromatic rings. The first-order valence-corrected chi connectivity index (χ1v) is 13.0. The zero-order chi connectivity index (χ0) is 23.8. The zero-order valence-corrected chi connectivity index (χ0v) is 20.5. The fourth-order valence-electron chi connectivity index (χ4n) is 3.61. The number of carbonyl (C=O) groups is 1. The number of aromatic nitrogens is 1. The first-order chi connectivity index (χ1) is 15.7. The minimum atomic E-state index is -3.46. The molecule has 1 amide bonds. The minimum absolute atomic E-state index is 0.158. The van der Waals surface area contributed by atoms with Gasteiger partial charge in [0.2, 0.25) is 0 Å². The van der Waals surface area contributed by atoms with Crippen molar-refractivity contribution in [1.29, 1.82) is 0 Å². The first kappa shape index (κ1) is 23.2. The van der Waals surface area contributed by atoms with E-state index in [9.17, 15) is 13.2 Å². The van der Waals surface area contributed by atoms with E-state index in [1.54, 1.807) is 24.1 Å². The third-order valence-electron chi connectivity index (χ3n) is 5.32. The number of methoxy groups -OCH3 is 1. The number of fused-ring (bicyclic) bond motifs is 2. The monoisotopic (exact) mass is 483 g/mol. The van der Waals surface area contributed by atoms with Gasteiger partial charge in [-0.1, -0.05) is 41.7 Å².